The van der Waals surface area contributed by atoms with Crippen LogP contribution in [0.3, 0.4) is 0 Å². The Morgan fingerprint density at radius 2 is 1.68 bits per heavy atom. The van der Waals surface area contributed by atoms with Crippen molar-refractivity contribution in [2.45, 2.75) is 19.0 Å². The van der Waals surface area contributed by atoms with E-state index in [2.05, 4.69) is 33.4 Å². The second-order valence-corrected chi connectivity index (χ2v) is 5.75. The minimum atomic E-state index is -0.422. The molecular weight excluding hydrogens is 302 g/mol. The Labute approximate surface area is 122 Å². The first kappa shape index (κ1) is 14.3. The molecule has 2 nitrogen and oxygen atoms in total. The zero-order valence-electron chi connectivity index (χ0n) is 10.9. The largest absolute Gasteiger partial charge is 0.394 e. The lowest BCUT2D eigenvalue weighted by Gasteiger charge is -2.29. The van der Waals surface area contributed by atoms with Gasteiger partial charge < -0.3 is 10.4 Å². The van der Waals surface area contributed by atoms with E-state index in [4.69, 9.17) is 0 Å². The van der Waals surface area contributed by atoms with Crippen LogP contribution in [0.25, 0.3) is 0 Å². The Kier molecular flexibility index (Phi) is 4.75. The van der Waals surface area contributed by atoms with E-state index >= 15 is 0 Å². The lowest BCUT2D eigenvalue weighted by atomic mass is 9.92. The monoisotopic (exact) mass is 319 g/mol. The smallest absolute Gasteiger partial charge is 0.0652 e. The fraction of sp³-hybridized carbons (Fsp3) is 0.250. The predicted octanol–water partition coefficient (Wildman–Crippen LogP) is 3.45. The molecule has 2 aromatic carbocycles. The summed E-state index contributed by atoms with van der Waals surface area (Å²) in [6, 6.07) is 18.2. The summed E-state index contributed by atoms with van der Waals surface area (Å²) < 4.78 is 1.07. The van der Waals surface area contributed by atoms with Crippen LogP contribution in [0.1, 0.15) is 18.1 Å². The van der Waals surface area contributed by atoms with Crippen molar-refractivity contribution in [1.29, 1.82) is 0 Å². The van der Waals surface area contributed by atoms with Crippen LogP contribution in [0.4, 0.5) is 0 Å². The van der Waals surface area contributed by atoms with E-state index < -0.39 is 5.54 Å². The van der Waals surface area contributed by atoms with Crippen LogP contribution in [0.15, 0.2) is 59.1 Å². The molecule has 0 fully saturated rings. The molecule has 0 spiro atoms. The van der Waals surface area contributed by atoms with E-state index in [0.717, 1.165) is 16.6 Å². The highest BCUT2D eigenvalue weighted by Gasteiger charge is 2.24. The fourth-order valence-corrected chi connectivity index (χ4v) is 2.22. The number of aliphatic hydroxyl groups is 1. The first-order valence-corrected chi connectivity index (χ1v) is 7.09. The summed E-state index contributed by atoms with van der Waals surface area (Å²) in [6.07, 6.45) is 0. The summed E-state index contributed by atoms with van der Waals surface area (Å²) in [7, 11) is 0. The number of rotatable bonds is 5. The van der Waals surface area contributed by atoms with E-state index in [9.17, 15) is 5.11 Å². The van der Waals surface area contributed by atoms with Crippen LogP contribution in [0.2, 0.25) is 0 Å². The average Bonchev–Trinajstić information content (AvgIpc) is 2.47. The van der Waals surface area contributed by atoms with Gasteiger partial charge in [-0.05, 0) is 30.2 Å². The van der Waals surface area contributed by atoms with Crippen LogP contribution >= 0.6 is 15.9 Å². The van der Waals surface area contributed by atoms with Gasteiger partial charge in [-0.15, -0.1) is 0 Å². The molecule has 0 bridgehead atoms. The molecule has 1 atom stereocenters. The van der Waals surface area contributed by atoms with Gasteiger partial charge in [0.2, 0.25) is 0 Å². The van der Waals surface area contributed by atoms with Gasteiger partial charge in [0, 0.05) is 11.0 Å². The summed E-state index contributed by atoms with van der Waals surface area (Å²) in [5, 5.41) is 13.1. The van der Waals surface area contributed by atoms with Crippen molar-refractivity contribution in [3.63, 3.8) is 0 Å². The van der Waals surface area contributed by atoms with Gasteiger partial charge in [0.05, 0.1) is 12.1 Å². The molecule has 2 N–H and O–H groups in total. The standard InChI is InChI=1S/C16H18BrNO/c1-16(12-19,14-5-3-2-4-6-14)18-11-13-7-9-15(17)10-8-13/h2-10,18-19H,11-12H2,1H3. The molecule has 19 heavy (non-hydrogen) atoms. The quantitative estimate of drug-likeness (QED) is 0.884. The highest BCUT2D eigenvalue weighted by Crippen LogP contribution is 2.20. The van der Waals surface area contributed by atoms with E-state index in [1.165, 1.54) is 5.56 Å². The number of halogens is 1. The van der Waals surface area contributed by atoms with Crippen molar-refractivity contribution in [2.75, 3.05) is 6.61 Å². The predicted molar refractivity (Wildman–Crippen MR) is 81.9 cm³/mol. The minimum Gasteiger partial charge on any atom is -0.394 e. The Morgan fingerprint density at radius 1 is 1.05 bits per heavy atom. The van der Waals surface area contributed by atoms with Crippen molar-refractivity contribution < 1.29 is 5.11 Å². The van der Waals surface area contributed by atoms with E-state index in [0.29, 0.717) is 0 Å². The number of aliphatic hydroxyl groups excluding tert-OH is 1. The van der Waals surface area contributed by atoms with Crippen molar-refractivity contribution in [3.05, 3.63) is 70.2 Å². The lowest BCUT2D eigenvalue weighted by molar-refractivity contribution is 0.173. The molecule has 0 heterocycles. The van der Waals surface area contributed by atoms with Crippen molar-refractivity contribution >= 4 is 15.9 Å². The first-order chi connectivity index (χ1) is 9.14. The molecule has 0 aliphatic rings. The van der Waals surface area contributed by atoms with Gasteiger partial charge in [-0.3, -0.25) is 0 Å². The maximum absolute atomic E-state index is 9.69. The highest BCUT2D eigenvalue weighted by atomic mass is 79.9. The molecule has 2 aromatic rings. The molecule has 0 aromatic heterocycles. The van der Waals surface area contributed by atoms with Gasteiger partial charge >= 0.3 is 0 Å². The topological polar surface area (TPSA) is 32.3 Å². The molecule has 100 valence electrons. The first-order valence-electron chi connectivity index (χ1n) is 6.30. The summed E-state index contributed by atoms with van der Waals surface area (Å²) in [5.41, 5.74) is 1.86. The Morgan fingerprint density at radius 3 is 2.26 bits per heavy atom. The molecule has 3 heteroatoms. The second-order valence-electron chi connectivity index (χ2n) is 4.84. The number of hydrogen-bond donors (Lipinski definition) is 2. The normalized spacial score (nSPS) is 14.1. The Bertz CT molecular complexity index is 512. The van der Waals surface area contributed by atoms with Crippen molar-refractivity contribution in [3.8, 4) is 0 Å². The summed E-state index contributed by atoms with van der Waals surface area (Å²) in [4.78, 5) is 0. The van der Waals surface area contributed by atoms with Gasteiger partial charge in [0.25, 0.3) is 0 Å². The highest BCUT2D eigenvalue weighted by molar-refractivity contribution is 9.10. The third kappa shape index (κ3) is 3.66. The molecule has 2 rings (SSSR count). The van der Waals surface area contributed by atoms with Crippen LogP contribution in [0.5, 0.6) is 0 Å². The third-order valence-electron chi connectivity index (χ3n) is 3.32. The SMILES string of the molecule is CC(CO)(NCc1ccc(Br)cc1)c1ccccc1. The van der Waals surface area contributed by atoms with Gasteiger partial charge in [-0.1, -0.05) is 58.4 Å². The van der Waals surface area contributed by atoms with E-state index in [1.807, 2.05) is 49.4 Å². The van der Waals surface area contributed by atoms with Crippen LogP contribution < -0.4 is 5.32 Å². The molecule has 0 saturated carbocycles. The van der Waals surface area contributed by atoms with Crippen LogP contribution in [0, 0.1) is 0 Å². The fourth-order valence-electron chi connectivity index (χ4n) is 1.95. The van der Waals surface area contributed by atoms with E-state index in [-0.39, 0.29) is 6.61 Å². The minimum absolute atomic E-state index is 0.0630. The molecule has 0 radical (unpaired) electrons. The zero-order valence-corrected chi connectivity index (χ0v) is 12.5. The van der Waals surface area contributed by atoms with Crippen molar-refractivity contribution in [2.24, 2.45) is 0 Å². The van der Waals surface area contributed by atoms with Gasteiger partial charge in [0.1, 0.15) is 0 Å². The van der Waals surface area contributed by atoms with Gasteiger partial charge in [0.15, 0.2) is 0 Å². The molecule has 1 unspecified atom stereocenters. The van der Waals surface area contributed by atoms with Gasteiger partial charge in [-0.2, -0.15) is 0 Å². The maximum atomic E-state index is 9.69. The maximum Gasteiger partial charge on any atom is 0.0652 e. The summed E-state index contributed by atoms with van der Waals surface area (Å²) in [5.74, 6) is 0. The number of benzene rings is 2. The van der Waals surface area contributed by atoms with E-state index in [1.54, 1.807) is 0 Å². The molecule has 0 amide bonds. The Hall–Kier alpha value is -1.16. The summed E-state index contributed by atoms with van der Waals surface area (Å²) in [6.45, 7) is 2.80. The molecule has 0 aliphatic carbocycles. The average molecular weight is 320 g/mol. The lowest BCUT2D eigenvalue weighted by Crippen LogP contribution is -2.42. The second kappa shape index (κ2) is 6.33. The Balaban J connectivity index is 2.09. The molecule has 0 saturated heterocycles. The van der Waals surface area contributed by atoms with Crippen molar-refractivity contribution in [1.82, 2.24) is 5.32 Å². The van der Waals surface area contributed by atoms with Crippen LogP contribution in [-0.4, -0.2) is 11.7 Å². The van der Waals surface area contributed by atoms with Crippen LogP contribution in [-0.2, 0) is 12.1 Å². The number of hydrogen-bond acceptors (Lipinski definition) is 2. The molecule has 0 aliphatic heterocycles. The van der Waals surface area contributed by atoms with Gasteiger partial charge in [-0.25, -0.2) is 0 Å². The summed E-state index contributed by atoms with van der Waals surface area (Å²) >= 11 is 3.43. The number of nitrogens with one attached hydrogen (secondary N) is 1. The molecular formula is C16H18BrNO. The third-order valence-corrected chi connectivity index (χ3v) is 3.85. The zero-order chi connectivity index (χ0) is 13.7.